The molecule has 0 aromatic carbocycles. The summed E-state index contributed by atoms with van der Waals surface area (Å²) in [7, 11) is 0. The fourth-order valence-corrected chi connectivity index (χ4v) is 4.51. The van der Waals surface area contributed by atoms with E-state index >= 15 is 0 Å². The third kappa shape index (κ3) is 2.79. The minimum Gasteiger partial charge on any atom is -0.311 e. The van der Waals surface area contributed by atoms with Crippen molar-refractivity contribution in [3.05, 3.63) is 21.9 Å². The molecule has 2 aliphatic rings. The van der Waals surface area contributed by atoms with Gasteiger partial charge in [-0.05, 0) is 64.3 Å². The Bertz CT molecular complexity index is 401. The smallest absolute Gasteiger partial charge is 0.0123 e. The highest BCUT2D eigenvalue weighted by atomic mass is 32.1. The second-order valence-corrected chi connectivity index (χ2v) is 7.40. The molecule has 3 heteroatoms. The van der Waals surface area contributed by atoms with Crippen molar-refractivity contribution in [1.82, 2.24) is 10.2 Å². The predicted molar refractivity (Wildman–Crippen MR) is 78.3 cm³/mol. The molecule has 2 nitrogen and oxygen atoms in total. The molecule has 1 aromatic rings. The van der Waals surface area contributed by atoms with Gasteiger partial charge in [-0.25, -0.2) is 0 Å². The van der Waals surface area contributed by atoms with E-state index in [0.29, 0.717) is 6.04 Å². The third-order valence-electron chi connectivity index (χ3n) is 4.44. The number of piperidine rings is 1. The average Bonchev–Trinajstić information content (AvgIpc) is 2.90. The summed E-state index contributed by atoms with van der Waals surface area (Å²) >= 11 is 1.94. The maximum Gasteiger partial charge on any atom is 0.0123 e. The summed E-state index contributed by atoms with van der Waals surface area (Å²) in [6.07, 6.45) is 3.94. The minimum absolute atomic E-state index is 0.611. The molecular weight excluding hydrogens is 240 g/mol. The van der Waals surface area contributed by atoms with Gasteiger partial charge < -0.3 is 10.2 Å². The molecule has 0 amide bonds. The normalized spacial score (nSPS) is 32.7. The second-order valence-electron chi connectivity index (χ2n) is 6.03. The zero-order chi connectivity index (χ0) is 12.5. The van der Waals surface area contributed by atoms with Crippen LogP contribution in [0.4, 0.5) is 0 Å². The van der Waals surface area contributed by atoms with Gasteiger partial charge in [-0.3, -0.25) is 0 Å². The van der Waals surface area contributed by atoms with E-state index in [-0.39, 0.29) is 0 Å². The molecule has 4 atom stereocenters. The first-order valence-electron chi connectivity index (χ1n) is 7.24. The fraction of sp³-hybridized carbons (Fsp3) is 0.733. The number of nitrogens with one attached hydrogen (secondary N) is 1. The molecule has 3 rings (SSSR count). The summed E-state index contributed by atoms with van der Waals surface area (Å²) in [6.45, 7) is 8.51. The molecule has 2 bridgehead atoms. The molecule has 1 aromatic heterocycles. The number of hydrogen-bond donors (Lipinski definition) is 1. The van der Waals surface area contributed by atoms with Gasteiger partial charge in [0.05, 0.1) is 0 Å². The number of thiophene rings is 1. The van der Waals surface area contributed by atoms with Crippen LogP contribution in [0.3, 0.4) is 0 Å². The van der Waals surface area contributed by atoms with E-state index in [1.165, 1.54) is 48.7 Å². The molecule has 1 N–H and O–H groups in total. The van der Waals surface area contributed by atoms with Crippen LogP contribution < -0.4 is 5.32 Å². The van der Waals surface area contributed by atoms with E-state index < -0.39 is 0 Å². The zero-order valence-electron chi connectivity index (χ0n) is 11.5. The van der Waals surface area contributed by atoms with Crippen molar-refractivity contribution in [2.45, 2.75) is 45.2 Å². The Morgan fingerprint density at radius 3 is 3.00 bits per heavy atom. The Morgan fingerprint density at radius 2 is 2.22 bits per heavy atom. The lowest BCUT2D eigenvalue weighted by atomic mass is 9.93. The van der Waals surface area contributed by atoms with Crippen LogP contribution >= 0.6 is 11.3 Å². The molecule has 18 heavy (non-hydrogen) atoms. The SMILES string of the molecule is Cc1ccc(CC(C)NC2CCN3CCC2C3)s1. The highest BCUT2D eigenvalue weighted by molar-refractivity contribution is 7.11. The van der Waals surface area contributed by atoms with Crippen LogP contribution in [0.2, 0.25) is 0 Å². The van der Waals surface area contributed by atoms with Crippen LogP contribution in [0, 0.1) is 12.8 Å². The summed E-state index contributed by atoms with van der Waals surface area (Å²) in [4.78, 5) is 5.58. The van der Waals surface area contributed by atoms with Gasteiger partial charge in [-0.1, -0.05) is 0 Å². The standard InChI is InChI=1S/C15H24N2S/c1-11(9-14-4-3-12(2)18-14)16-15-6-8-17-7-5-13(15)10-17/h3-4,11,13,15-16H,5-10H2,1-2H3. The van der Waals surface area contributed by atoms with Crippen LogP contribution in [0.5, 0.6) is 0 Å². The Balaban J connectivity index is 1.52. The summed E-state index contributed by atoms with van der Waals surface area (Å²) in [5, 5.41) is 3.88. The van der Waals surface area contributed by atoms with Crippen molar-refractivity contribution >= 4 is 11.3 Å². The first kappa shape index (κ1) is 12.6. The molecule has 0 spiro atoms. The molecular formula is C15H24N2S. The topological polar surface area (TPSA) is 15.3 Å². The molecule has 2 saturated heterocycles. The highest BCUT2D eigenvalue weighted by Crippen LogP contribution is 2.27. The summed E-state index contributed by atoms with van der Waals surface area (Å²) in [5.74, 6) is 0.909. The summed E-state index contributed by atoms with van der Waals surface area (Å²) < 4.78 is 0. The van der Waals surface area contributed by atoms with Gasteiger partial charge in [0.25, 0.3) is 0 Å². The van der Waals surface area contributed by atoms with Crippen LogP contribution in [0.15, 0.2) is 12.1 Å². The molecule has 4 unspecified atom stereocenters. The average molecular weight is 264 g/mol. The minimum atomic E-state index is 0.611. The van der Waals surface area contributed by atoms with Crippen LogP contribution in [-0.2, 0) is 6.42 Å². The summed E-state index contributed by atoms with van der Waals surface area (Å²) in [6, 6.07) is 5.90. The van der Waals surface area contributed by atoms with Crippen LogP contribution in [-0.4, -0.2) is 36.6 Å². The Kier molecular flexibility index (Phi) is 3.73. The predicted octanol–water partition coefficient (Wildman–Crippen LogP) is 2.67. The van der Waals surface area contributed by atoms with Gasteiger partial charge in [-0.15, -0.1) is 11.3 Å². The van der Waals surface area contributed by atoms with E-state index in [2.05, 4.69) is 36.2 Å². The van der Waals surface area contributed by atoms with Crippen molar-refractivity contribution in [1.29, 1.82) is 0 Å². The van der Waals surface area contributed by atoms with Crippen molar-refractivity contribution in [3.8, 4) is 0 Å². The quantitative estimate of drug-likeness (QED) is 0.899. The van der Waals surface area contributed by atoms with Crippen LogP contribution in [0.1, 0.15) is 29.5 Å². The number of hydrogen-bond acceptors (Lipinski definition) is 3. The maximum absolute atomic E-state index is 3.88. The Labute approximate surface area is 114 Å². The van der Waals surface area contributed by atoms with Gasteiger partial charge in [-0.2, -0.15) is 0 Å². The second kappa shape index (κ2) is 5.32. The first-order chi connectivity index (χ1) is 8.70. The third-order valence-corrected chi connectivity index (χ3v) is 5.46. The van der Waals surface area contributed by atoms with Gasteiger partial charge in [0.2, 0.25) is 0 Å². The molecule has 2 fully saturated rings. The van der Waals surface area contributed by atoms with E-state index in [4.69, 9.17) is 0 Å². The number of aryl methyl sites for hydroxylation is 1. The lowest BCUT2D eigenvalue weighted by Crippen LogP contribution is -2.47. The van der Waals surface area contributed by atoms with Crippen molar-refractivity contribution in [3.63, 3.8) is 0 Å². The number of nitrogens with zero attached hydrogens (tertiary/aromatic N) is 1. The fourth-order valence-electron chi connectivity index (χ4n) is 3.49. The lowest BCUT2D eigenvalue weighted by Gasteiger charge is -2.33. The van der Waals surface area contributed by atoms with Crippen molar-refractivity contribution in [2.75, 3.05) is 19.6 Å². The lowest BCUT2D eigenvalue weighted by molar-refractivity contribution is 0.212. The van der Waals surface area contributed by atoms with Crippen molar-refractivity contribution in [2.24, 2.45) is 5.92 Å². The molecule has 0 saturated carbocycles. The first-order valence-corrected chi connectivity index (χ1v) is 8.06. The van der Waals surface area contributed by atoms with E-state index in [1.54, 1.807) is 0 Å². The zero-order valence-corrected chi connectivity index (χ0v) is 12.3. The van der Waals surface area contributed by atoms with Gasteiger partial charge in [0.15, 0.2) is 0 Å². The number of fused-ring (bicyclic) bond motifs is 2. The van der Waals surface area contributed by atoms with Gasteiger partial charge in [0.1, 0.15) is 0 Å². The largest absolute Gasteiger partial charge is 0.311 e. The van der Waals surface area contributed by atoms with E-state index in [1.807, 2.05) is 11.3 Å². The highest BCUT2D eigenvalue weighted by Gasteiger charge is 2.34. The van der Waals surface area contributed by atoms with Crippen molar-refractivity contribution < 1.29 is 0 Å². The Hall–Kier alpha value is -0.380. The van der Waals surface area contributed by atoms with Crippen LogP contribution in [0.25, 0.3) is 0 Å². The Morgan fingerprint density at radius 1 is 1.39 bits per heavy atom. The van der Waals surface area contributed by atoms with Gasteiger partial charge >= 0.3 is 0 Å². The molecule has 2 aliphatic heterocycles. The molecule has 0 radical (unpaired) electrons. The van der Waals surface area contributed by atoms with E-state index in [9.17, 15) is 0 Å². The molecule has 0 aliphatic carbocycles. The van der Waals surface area contributed by atoms with Gasteiger partial charge in [0, 0.05) is 28.4 Å². The monoisotopic (exact) mass is 264 g/mol. The molecule has 3 heterocycles. The number of rotatable bonds is 4. The maximum atomic E-state index is 3.88. The molecule has 100 valence electrons. The summed E-state index contributed by atoms with van der Waals surface area (Å²) in [5.41, 5.74) is 0. The van der Waals surface area contributed by atoms with E-state index in [0.717, 1.165) is 12.0 Å².